The van der Waals surface area contributed by atoms with E-state index in [-0.39, 0.29) is 29.8 Å². The maximum Gasteiger partial charge on any atom is 0.412 e. The molecule has 2 N–H and O–H groups in total. The summed E-state index contributed by atoms with van der Waals surface area (Å²) < 4.78 is 35.8. The van der Waals surface area contributed by atoms with Crippen LogP contribution < -0.4 is 19.5 Å². The van der Waals surface area contributed by atoms with E-state index in [9.17, 15) is 19.1 Å². The fraction of sp³-hybridized carbons (Fsp3) is 0.351. The molecule has 1 fully saturated rings. The molecule has 1 unspecified atom stereocenters. The van der Waals surface area contributed by atoms with Crippen molar-refractivity contribution in [3.05, 3.63) is 92.5 Å². The Hall–Kier alpha value is -3.97. The Kier molecular flexibility index (Phi) is 13.3. The van der Waals surface area contributed by atoms with E-state index in [0.717, 1.165) is 12.8 Å². The number of nitrogens with zero attached hydrogens (tertiary/aromatic N) is 2. The number of ketones is 1. The molecule has 0 aliphatic heterocycles. The second-order valence-corrected chi connectivity index (χ2v) is 14.4. The van der Waals surface area contributed by atoms with Crippen molar-refractivity contribution in [3.63, 3.8) is 0 Å². The first-order valence-electron chi connectivity index (χ1n) is 15.9. The van der Waals surface area contributed by atoms with Crippen LogP contribution in [0.15, 0.2) is 65.3 Å². The number of pyridine rings is 2. The molecule has 2 aromatic carbocycles. The van der Waals surface area contributed by atoms with Crippen LogP contribution in [0, 0.1) is 5.82 Å². The van der Waals surface area contributed by atoms with Crippen LogP contribution in [0.4, 0.5) is 14.9 Å². The predicted octanol–water partition coefficient (Wildman–Crippen LogP) is 9.81. The third-order valence-electron chi connectivity index (χ3n) is 7.42. The van der Waals surface area contributed by atoms with Crippen LogP contribution in [0.5, 0.6) is 17.2 Å². The molecule has 1 aliphatic carbocycles. The minimum absolute atomic E-state index is 0.0434. The molecule has 0 radical (unpaired) electrons. The lowest BCUT2D eigenvalue weighted by Crippen LogP contribution is -2.27. The topological polar surface area (TPSA) is 129 Å². The van der Waals surface area contributed by atoms with Crippen molar-refractivity contribution in [2.75, 3.05) is 19.5 Å². The summed E-state index contributed by atoms with van der Waals surface area (Å²) in [7, 11) is 3.03. The SMILES string of the molecule is CC(C)(C)OC(=O)Nc1ccc(Cl)nc1Br.COc1cc(C(=O)CCC(C)(O)c2ccc(OC)c(-c3ccc(F)c(Cl)c3)n2)ccc1OC1CC1. The average Bonchev–Trinajstić information content (AvgIpc) is 3.89. The van der Waals surface area contributed by atoms with Crippen molar-refractivity contribution in [1.82, 2.24) is 9.97 Å². The second-order valence-electron chi connectivity index (χ2n) is 12.9. The standard InChI is InChI=1S/C27H27ClFNO5.C10H12BrClN2O2/c1-27(32,13-12-21(31)16-5-9-22(24(15-16)34-3)35-18-6-7-18)25-11-10-23(33-2)26(30-25)17-4-8-20(29)19(28)14-17;1-10(2,3)16-9(15)13-6-4-5-7(12)14-8(6)11/h4-5,8-11,14-15,18,32H,6-7,12-13H2,1-3H3;4-5H,1-3H3,(H,13,15). The summed E-state index contributed by atoms with van der Waals surface area (Å²) in [5.41, 5.74) is 0.365. The van der Waals surface area contributed by atoms with E-state index in [1.807, 2.05) is 0 Å². The van der Waals surface area contributed by atoms with Crippen LogP contribution in [-0.2, 0) is 10.3 Å². The average molecular weight is 808 g/mol. The molecule has 0 spiro atoms. The van der Waals surface area contributed by atoms with Gasteiger partial charge in [0.15, 0.2) is 17.3 Å². The number of amides is 1. The number of rotatable bonds is 11. The first kappa shape index (κ1) is 39.8. The molecule has 1 atom stereocenters. The number of halogens is 4. The quantitative estimate of drug-likeness (QED) is 0.112. The monoisotopic (exact) mass is 805 g/mol. The van der Waals surface area contributed by atoms with Crippen molar-refractivity contribution < 1.29 is 38.0 Å². The Bertz CT molecular complexity index is 1880. The number of nitrogens with one attached hydrogen (secondary N) is 1. The molecular formula is C37H39BrCl2FN3O7. The normalized spacial score (nSPS) is 13.6. The lowest BCUT2D eigenvalue weighted by Gasteiger charge is -2.24. The molecule has 51 heavy (non-hydrogen) atoms. The first-order valence-corrected chi connectivity index (χ1v) is 17.5. The number of anilines is 1. The lowest BCUT2D eigenvalue weighted by molar-refractivity contribution is 0.0397. The Morgan fingerprint density at radius 3 is 2.24 bits per heavy atom. The highest BCUT2D eigenvalue weighted by atomic mass is 79.9. The number of benzene rings is 2. The zero-order valence-electron chi connectivity index (χ0n) is 29.0. The lowest BCUT2D eigenvalue weighted by atomic mass is 9.92. The largest absolute Gasteiger partial charge is 0.494 e. The summed E-state index contributed by atoms with van der Waals surface area (Å²) in [4.78, 5) is 32.9. The van der Waals surface area contributed by atoms with Crippen LogP contribution >= 0.6 is 39.1 Å². The number of hydrogen-bond donors (Lipinski definition) is 2. The molecule has 14 heteroatoms. The molecule has 4 aromatic rings. The molecule has 2 heterocycles. The van der Waals surface area contributed by atoms with E-state index in [1.54, 1.807) is 70.2 Å². The van der Waals surface area contributed by atoms with Crippen LogP contribution in [0.1, 0.15) is 69.4 Å². The highest BCUT2D eigenvalue weighted by Crippen LogP contribution is 2.36. The maximum absolute atomic E-state index is 13.6. The minimum atomic E-state index is -1.40. The molecule has 1 saturated carbocycles. The summed E-state index contributed by atoms with van der Waals surface area (Å²) in [6.45, 7) is 6.98. The highest BCUT2D eigenvalue weighted by molar-refractivity contribution is 9.10. The van der Waals surface area contributed by atoms with Crippen LogP contribution in [0.2, 0.25) is 10.2 Å². The molecular weight excluding hydrogens is 768 g/mol. The second kappa shape index (κ2) is 17.0. The zero-order valence-corrected chi connectivity index (χ0v) is 32.1. The molecule has 1 amide bonds. The van der Waals surface area contributed by atoms with Gasteiger partial charge in [0.25, 0.3) is 0 Å². The van der Waals surface area contributed by atoms with Gasteiger partial charge in [-0.1, -0.05) is 23.2 Å². The fourth-order valence-corrected chi connectivity index (χ4v) is 5.47. The highest BCUT2D eigenvalue weighted by Gasteiger charge is 2.29. The Morgan fingerprint density at radius 1 is 0.941 bits per heavy atom. The van der Waals surface area contributed by atoms with Crippen molar-refractivity contribution in [1.29, 1.82) is 0 Å². The van der Waals surface area contributed by atoms with Gasteiger partial charge in [-0.05, 0) is 124 Å². The third kappa shape index (κ3) is 11.5. The van der Waals surface area contributed by atoms with Gasteiger partial charge < -0.3 is 24.1 Å². The molecule has 0 bridgehead atoms. The van der Waals surface area contributed by atoms with Gasteiger partial charge >= 0.3 is 6.09 Å². The summed E-state index contributed by atoms with van der Waals surface area (Å²) in [6.07, 6.45) is 1.95. The Morgan fingerprint density at radius 2 is 1.63 bits per heavy atom. The molecule has 0 saturated heterocycles. The predicted molar refractivity (Wildman–Crippen MR) is 198 cm³/mol. The molecule has 10 nitrogen and oxygen atoms in total. The summed E-state index contributed by atoms with van der Waals surface area (Å²) in [5, 5.41) is 14.0. The van der Waals surface area contributed by atoms with Crippen molar-refractivity contribution in [3.8, 4) is 28.5 Å². The number of aliphatic hydroxyl groups is 1. The van der Waals surface area contributed by atoms with Crippen molar-refractivity contribution in [2.45, 2.75) is 70.7 Å². The summed E-state index contributed by atoms with van der Waals surface area (Å²) >= 11 is 14.8. The number of hydrogen-bond acceptors (Lipinski definition) is 9. The smallest absolute Gasteiger partial charge is 0.412 e. The summed E-state index contributed by atoms with van der Waals surface area (Å²) in [5.74, 6) is 0.896. The van der Waals surface area contributed by atoms with Gasteiger partial charge in [-0.2, -0.15) is 0 Å². The molecule has 1 aliphatic rings. The molecule has 2 aromatic heterocycles. The van der Waals surface area contributed by atoms with Crippen LogP contribution in [0.25, 0.3) is 11.3 Å². The van der Waals surface area contributed by atoms with E-state index in [2.05, 4.69) is 31.2 Å². The Labute approximate surface area is 314 Å². The number of carbonyl (C=O) groups is 2. The van der Waals surface area contributed by atoms with Gasteiger partial charge in [-0.15, -0.1) is 0 Å². The van der Waals surface area contributed by atoms with E-state index in [1.165, 1.54) is 32.4 Å². The van der Waals surface area contributed by atoms with Gasteiger partial charge in [0.1, 0.15) is 38.2 Å². The minimum Gasteiger partial charge on any atom is -0.494 e. The third-order valence-corrected chi connectivity index (χ3v) is 8.52. The zero-order chi connectivity index (χ0) is 37.5. The maximum atomic E-state index is 13.6. The van der Waals surface area contributed by atoms with Crippen molar-refractivity contribution in [2.24, 2.45) is 0 Å². The van der Waals surface area contributed by atoms with E-state index >= 15 is 0 Å². The number of ether oxygens (including phenoxy) is 4. The first-order chi connectivity index (χ1) is 24.0. The van der Waals surface area contributed by atoms with Crippen LogP contribution in [-0.4, -0.2) is 52.9 Å². The van der Waals surface area contributed by atoms with Gasteiger partial charge in [0, 0.05) is 17.5 Å². The number of methoxy groups -OCH3 is 2. The van der Waals surface area contributed by atoms with Gasteiger partial charge in [0.05, 0.1) is 36.7 Å². The number of aromatic nitrogens is 2. The Balaban J connectivity index is 0.000000306. The van der Waals surface area contributed by atoms with Gasteiger partial charge in [-0.25, -0.2) is 19.2 Å². The number of Topliss-reactive ketones (excluding diaryl/α,β-unsaturated/α-hetero) is 1. The summed E-state index contributed by atoms with van der Waals surface area (Å²) in [6, 6.07) is 15.9. The van der Waals surface area contributed by atoms with E-state index < -0.39 is 23.1 Å². The fourth-order valence-electron chi connectivity index (χ4n) is 4.61. The van der Waals surface area contributed by atoms with Gasteiger partial charge in [-0.3, -0.25) is 10.1 Å². The molecule has 272 valence electrons. The van der Waals surface area contributed by atoms with E-state index in [0.29, 0.717) is 55.2 Å². The van der Waals surface area contributed by atoms with E-state index in [4.69, 9.17) is 42.1 Å². The van der Waals surface area contributed by atoms with Gasteiger partial charge in [0.2, 0.25) is 0 Å². The van der Waals surface area contributed by atoms with Crippen molar-refractivity contribution >= 4 is 56.7 Å². The molecule has 5 rings (SSSR count). The van der Waals surface area contributed by atoms with Crippen LogP contribution in [0.3, 0.4) is 0 Å². The number of carbonyl (C=O) groups excluding carboxylic acids is 2.